The fourth-order valence-corrected chi connectivity index (χ4v) is 2.19. The number of aromatic amines is 1. The lowest BCUT2D eigenvalue weighted by Crippen LogP contribution is -2.30. The number of aromatic nitrogens is 5. The molecule has 9 nitrogen and oxygen atoms in total. The summed E-state index contributed by atoms with van der Waals surface area (Å²) in [6.45, 7) is 5.74. The molecule has 130 valence electrons. The average molecular weight is 342 g/mol. The van der Waals surface area contributed by atoms with E-state index in [0.29, 0.717) is 17.5 Å². The van der Waals surface area contributed by atoms with E-state index in [0.717, 1.165) is 5.76 Å². The summed E-state index contributed by atoms with van der Waals surface area (Å²) < 4.78 is 10.7. The van der Waals surface area contributed by atoms with Gasteiger partial charge in [0.25, 0.3) is 0 Å². The van der Waals surface area contributed by atoms with E-state index in [1.165, 1.54) is 12.4 Å². The minimum absolute atomic E-state index is 0.0474. The zero-order valence-electron chi connectivity index (χ0n) is 14.1. The highest BCUT2D eigenvalue weighted by Crippen LogP contribution is 2.22. The molecule has 3 aromatic heterocycles. The molecule has 0 saturated carbocycles. The molecule has 9 heteroatoms. The molecular weight excluding hydrogens is 324 g/mol. The number of nitrogens with zero attached hydrogens (tertiary/aromatic N) is 4. The van der Waals surface area contributed by atoms with Gasteiger partial charge in [-0.1, -0.05) is 19.0 Å². The van der Waals surface area contributed by atoms with Gasteiger partial charge >= 0.3 is 0 Å². The lowest BCUT2D eigenvalue weighted by Gasteiger charge is -2.17. The lowest BCUT2D eigenvalue weighted by molar-refractivity contribution is -0.117. The van der Waals surface area contributed by atoms with Gasteiger partial charge in [-0.3, -0.25) is 9.89 Å². The molecule has 0 aromatic carbocycles. The van der Waals surface area contributed by atoms with E-state index in [1.54, 1.807) is 12.1 Å². The van der Waals surface area contributed by atoms with Crippen molar-refractivity contribution in [3.63, 3.8) is 0 Å². The van der Waals surface area contributed by atoms with Gasteiger partial charge in [0.1, 0.15) is 23.9 Å². The second-order valence-corrected chi connectivity index (χ2v) is 5.80. The zero-order valence-corrected chi connectivity index (χ0v) is 14.1. The summed E-state index contributed by atoms with van der Waals surface area (Å²) in [6, 6.07) is 3.19. The Morgan fingerprint density at radius 1 is 1.36 bits per heavy atom. The highest BCUT2D eigenvalue weighted by atomic mass is 16.5. The number of rotatable bonds is 6. The minimum atomic E-state index is -0.431. The smallest absolute Gasteiger partial charge is 0.249 e. The number of hydrogen-bond donors (Lipinski definition) is 2. The Hall–Kier alpha value is -3.23. The van der Waals surface area contributed by atoms with Crippen LogP contribution in [0.4, 0.5) is 0 Å². The summed E-state index contributed by atoms with van der Waals surface area (Å²) in [6.07, 6.45) is 4.36. The Labute approximate surface area is 143 Å². The van der Waals surface area contributed by atoms with Crippen molar-refractivity contribution >= 4 is 12.0 Å². The van der Waals surface area contributed by atoms with Crippen molar-refractivity contribution in [2.24, 2.45) is 5.92 Å². The molecule has 0 fully saturated rings. The molecule has 0 spiro atoms. The summed E-state index contributed by atoms with van der Waals surface area (Å²) in [5, 5.41) is 13.1. The van der Waals surface area contributed by atoms with Gasteiger partial charge in [-0.05, 0) is 31.1 Å². The normalized spacial score (nSPS) is 12.8. The fourth-order valence-electron chi connectivity index (χ4n) is 2.19. The molecule has 1 unspecified atom stereocenters. The van der Waals surface area contributed by atoms with E-state index in [4.69, 9.17) is 8.94 Å². The number of amides is 1. The standard InChI is InChI=1S/C16H18N6O3/c1-9(2)13(16-20-15(22-25-16)14-17-8-18-21-14)19-12(23)7-6-11-5-4-10(3)24-11/h4-9,13H,1-3H3,(H,19,23)(H,17,18,21)/b7-6+. The highest BCUT2D eigenvalue weighted by Gasteiger charge is 2.24. The maximum atomic E-state index is 12.2. The van der Waals surface area contributed by atoms with Crippen molar-refractivity contribution < 1.29 is 13.7 Å². The molecular formula is C16H18N6O3. The van der Waals surface area contributed by atoms with Gasteiger partial charge in [-0.2, -0.15) is 10.1 Å². The third-order valence-corrected chi connectivity index (χ3v) is 3.46. The van der Waals surface area contributed by atoms with Crippen LogP contribution in [-0.2, 0) is 4.79 Å². The molecule has 0 aliphatic carbocycles. The van der Waals surface area contributed by atoms with Gasteiger partial charge in [0.15, 0.2) is 5.82 Å². The largest absolute Gasteiger partial charge is 0.462 e. The predicted molar refractivity (Wildman–Crippen MR) is 87.9 cm³/mol. The van der Waals surface area contributed by atoms with Gasteiger partial charge in [0.05, 0.1) is 0 Å². The number of hydrogen-bond acceptors (Lipinski definition) is 7. The summed E-state index contributed by atoms with van der Waals surface area (Å²) in [5.74, 6) is 2.14. The van der Waals surface area contributed by atoms with Crippen molar-refractivity contribution in [3.8, 4) is 11.6 Å². The molecule has 0 aliphatic rings. The summed E-state index contributed by atoms with van der Waals surface area (Å²) in [7, 11) is 0. The summed E-state index contributed by atoms with van der Waals surface area (Å²) in [5.41, 5.74) is 0. The molecule has 3 heterocycles. The van der Waals surface area contributed by atoms with E-state index < -0.39 is 6.04 Å². The number of H-pyrrole nitrogens is 1. The number of aryl methyl sites for hydroxylation is 1. The summed E-state index contributed by atoms with van der Waals surface area (Å²) in [4.78, 5) is 20.4. The van der Waals surface area contributed by atoms with E-state index in [1.807, 2.05) is 26.8 Å². The number of nitrogens with one attached hydrogen (secondary N) is 2. The van der Waals surface area contributed by atoms with Gasteiger partial charge in [0, 0.05) is 6.08 Å². The molecule has 0 saturated heterocycles. The fraction of sp³-hybridized carbons (Fsp3) is 0.312. The SMILES string of the molecule is Cc1ccc(/C=C/C(=O)NC(c2nc(-c3ncn[nH]3)no2)C(C)C)o1. The molecule has 1 atom stereocenters. The predicted octanol–water partition coefficient (Wildman–Crippen LogP) is 2.28. The first-order chi connectivity index (χ1) is 12.0. The minimum Gasteiger partial charge on any atom is -0.462 e. The topological polar surface area (TPSA) is 123 Å². The Morgan fingerprint density at radius 2 is 2.20 bits per heavy atom. The van der Waals surface area contributed by atoms with Crippen molar-refractivity contribution in [2.75, 3.05) is 0 Å². The molecule has 0 bridgehead atoms. The van der Waals surface area contributed by atoms with E-state index in [-0.39, 0.29) is 17.6 Å². The van der Waals surface area contributed by atoms with E-state index >= 15 is 0 Å². The Bertz CT molecular complexity index is 862. The van der Waals surface area contributed by atoms with Crippen molar-refractivity contribution in [1.82, 2.24) is 30.6 Å². The molecule has 25 heavy (non-hydrogen) atoms. The van der Waals surface area contributed by atoms with Crippen LogP contribution < -0.4 is 5.32 Å². The molecule has 3 aromatic rings. The third-order valence-electron chi connectivity index (χ3n) is 3.46. The first kappa shape index (κ1) is 16.6. The first-order valence-electron chi connectivity index (χ1n) is 7.77. The van der Waals surface area contributed by atoms with E-state index in [9.17, 15) is 4.79 Å². The quantitative estimate of drug-likeness (QED) is 0.659. The van der Waals surface area contributed by atoms with Crippen LogP contribution in [0.2, 0.25) is 0 Å². The maximum absolute atomic E-state index is 12.2. The van der Waals surface area contributed by atoms with Crippen LogP contribution in [-0.4, -0.2) is 31.2 Å². The number of furan rings is 1. The van der Waals surface area contributed by atoms with Gasteiger partial charge in [-0.25, -0.2) is 4.98 Å². The average Bonchev–Trinajstić information content (AvgIpc) is 3.31. The van der Waals surface area contributed by atoms with Gasteiger partial charge in [0.2, 0.25) is 17.6 Å². The molecule has 1 amide bonds. The first-order valence-corrected chi connectivity index (χ1v) is 7.77. The monoisotopic (exact) mass is 342 g/mol. The Morgan fingerprint density at radius 3 is 2.84 bits per heavy atom. The van der Waals surface area contributed by atoms with Crippen LogP contribution in [0.3, 0.4) is 0 Å². The van der Waals surface area contributed by atoms with Crippen LogP contribution in [0.5, 0.6) is 0 Å². The van der Waals surface area contributed by atoms with Gasteiger partial charge < -0.3 is 14.3 Å². The molecule has 3 rings (SSSR count). The Kier molecular flexibility index (Phi) is 4.73. The molecule has 0 aliphatic heterocycles. The van der Waals surface area contributed by atoms with Crippen LogP contribution in [0.25, 0.3) is 17.7 Å². The Balaban J connectivity index is 1.71. The van der Waals surface area contributed by atoms with E-state index in [2.05, 4.69) is 30.6 Å². The second-order valence-electron chi connectivity index (χ2n) is 5.80. The zero-order chi connectivity index (χ0) is 17.8. The van der Waals surface area contributed by atoms with Gasteiger partial charge in [-0.15, -0.1) is 0 Å². The van der Waals surface area contributed by atoms with Crippen LogP contribution >= 0.6 is 0 Å². The number of carbonyl (C=O) groups is 1. The van der Waals surface area contributed by atoms with Crippen LogP contribution in [0, 0.1) is 12.8 Å². The maximum Gasteiger partial charge on any atom is 0.249 e. The molecule has 0 radical (unpaired) electrons. The van der Waals surface area contributed by atoms with Crippen LogP contribution in [0.15, 0.2) is 33.5 Å². The lowest BCUT2D eigenvalue weighted by atomic mass is 10.0. The number of carbonyl (C=O) groups excluding carboxylic acids is 1. The van der Waals surface area contributed by atoms with Crippen LogP contribution in [0.1, 0.15) is 37.3 Å². The molecule has 2 N–H and O–H groups in total. The second kappa shape index (κ2) is 7.12. The van der Waals surface area contributed by atoms with Crippen molar-refractivity contribution in [2.45, 2.75) is 26.8 Å². The van der Waals surface area contributed by atoms with Crippen molar-refractivity contribution in [3.05, 3.63) is 41.9 Å². The highest BCUT2D eigenvalue weighted by molar-refractivity contribution is 5.91. The summed E-state index contributed by atoms with van der Waals surface area (Å²) >= 11 is 0. The van der Waals surface area contributed by atoms with Crippen molar-refractivity contribution in [1.29, 1.82) is 0 Å². The third kappa shape index (κ3) is 4.00.